The number of nitrogens with one attached hydrogen (secondary N) is 1. The van der Waals surface area contributed by atoms with E-state index in [1.54, 1.807) is 24.3 Å². The van der Waals surface area contributed by atoms with Gasteiger partial charge in [0.25, 0.3) is 5.56 Å². The van der Waals surface area contributed by atoms with Crippen LogP contribution >= 0.6 is 0 Å². The van der Waals surface area contributed by atoms with E-state index >= 15 is 0 Å². The van der Waals surface area contributed by atoms with Gasteiger partial charge in [-0.05, 0) is 19.1 Å². The quantitative estimate of drug-likeness (QED) is 0.735. The second-order valence-electron chi connectivity index (χ2n) is 4.71. The molecule has 104 valence electrons. The lowest BCUT2D eigenvalue weighted by molar-refractivity contribution is 0.101. The Bertz CT molecular complexity index is 898. The van der Waals surface area contributed by atoms with Crippen LogP contribution in [0.5, 0.6) is 0 Å². The van der Waals surface area contributed by atoms with Crippen molar-refractivity contribution in [2.45, 2.75) is 6.92 Å². The van der Waals surface area contributed by atoms with Crippen LogP contribution in [-0.2, 0) is 0 Å². The number of Topliss-reactive ketones (excluding diaryl/α,β-unsaturated/α-hetero) is 1. The van der Waals surface area contributed by atoms with Gasteiger partial charge in [-0.15, -0.1) is 0 Å². The predicted octanol–water partition coefficient (Wildman–Crippen LogP) is 2.93. The molecule has 0 bridgehead atoms. The molecule has 1 heterocycles. The average molecular weight is 282 g/mol. The first-order chi connectivity index (χ1) is 10.0. The molecule has 2 aromatic carbocycles. The number of carbonyl (C=O) groups is 1. The molecule has 0 aliphatic heterocycles. The SMILES string of the molecule is CC(=O)c1ccc(-c2nc3cc(F)ccc3c(=O)[nH]2)cc1. The van der Waals surface area contributed by atoms with Crippen molar-refractivity contribution in [2.75, 3.05) is 0 Å². The van der Waals surface area contributed by atoms with Crippen molar-refractivity contribution in [1.29, 1.82) is 0 Å². The number of carbonyl (C=O) groups excluding carboxylic acids is 1. The highest BCUT2D eigenvalue weighted by Crippen LogP contribution is 2.17. The van der Waals surface area contributed by atoms with Crippen LogP contribution in [0, 0.1) is 5.82 Å². The third-order valence-corrected chi connectivity index (χ3v) is 3.23. The molecule has 0 saturated carbocycles. The van der Waals surface area contributed by atoms with E-state index in [1.807, 2.05) is 0 Å². The second-order valence-corrected chi connectivity index (χ2v) is 4.71. The third-order valence-electron chi connectivity index (χ3n) is 3.23. The zero-order chi connectivity index (χ0) is 15.0. The molecular weight excluding hydrogens is 271 g/mol. The maximum Gasteiger partial charge on any atom is 0.259 e. The van der Waals surface area contributed by atoms with Crippen LogP contribution in [0.4, 0.5) is 4.39 Å². The van der Waals surface area contributed by atoms with Gasteiger partial charge in [0, 0.05) is 17.2 Å². The van der Waals surface area contributed by atoms with Crippen molar-refractivity contribution in [3.8, 4) is 11.4 Å². The van der Waals surface area contributed by atoms with Crippen LogP contribution in [0.15, 0.2) is 47.3 Å². The summed E-state index contributed by atoms with van der Waals surface area (Å²) in [7, 11) is 0. The van der Waals surface area contributed by atoms with E-state index in [2.05, 4.69) is 9.97 Å². The van der Waals surface area contributed by atoms with Crippen molar-refractivity contribution >= 4 is 16.7 Å². The molecule has 0 atom stereocenters. The van der Waals surface area contributed by atoms with Crippen molar-refractivity contribution in [2.24, 2.45) is 0 Å². The number of halogens is 1. The average Bonchev–Trinajstić information content (AvgIpc) is 2.46. The maximum absolute atomic E-state index is 13.3. The van der Waals surface area contributed by atoms with Gasteiger partial charge in [0.15, 0.2) is 5.78 Å². The molecule has 0 unspecified atom stereocenters. The van der Waals surface area contributed by atoms with Crippen LogP contribution in [0.25, 0.3) is 22.3 Å². The Morgan fingerprint density at radius 3 is 2.52 bits per heavy atom. The molecule has 0 spiro atoms. The van der Waals surface area contributed by atoms with E-state index in [-0.39, 0.29) is 11.3 Å². The van der Waals surface area contributed by atoms with Crippen LogP contribution in [0.1, 0.15) is 17.3 Å². The van der Waals surface area contributed by atoms with Crippen molar-refractivity contribution in [3.63, 3.8) is 0 Å². The molecule has 3 rings (SSSR count). The summed E-state index contributed by atoms with van der Waals surface area (Å²) in [6, 6.07) is 10.6. The minimum atomic E-state index is -0.446. The molecular formula is C16H11FN2O2. The van der Waals surface area contributed by atoms with E-state index in [0.29, 0.717) is 27.9 Å². The molecule has 0 aliphatic rings. The maximum atomic E-state index is 13.3. The zero-order valence-corrected chi connectivity index (χ0v) is 11.2. The molecule has 5 heteroatoms. The molecule has 3 aromatic rings. The fraction of sp³-hybridized carbons (Fsp3) is 0.0625. The summed E-state index contributed by atoms with van der Waals surface area (Å²) in [6.07, 6.45) is 0. The van der Waals surface area contributed by atoms with E-state index < -0.39 is 5.82 Å². The molecule has 0 radical (unpaired) electrons. The number of aromatic nitrogens is 2. The number of hydrogen-bond donors (Lipinski definition) is 1. The number of aromatic amines is 1. The number of nitrogens with zero attached hydrogens (tertiary/aromatic N) is 1. The van der Waals surface area contributed by atoms with Gasteiger partial charge in [-0.25, -0.2) is 9.37 Å². The lowest BCUT2D eigenvalue weighted by Gasteiger charge is -2.04. The lowest BCUT2D eigenvalue weighted by atomic mass is 10.1. The molecule has 0 aliphatic carbocycles. The van der Waals surface area contributed by atoms with Crippen LogP contribution in [0.3, 0.4) is 0 Å². The zero-order valence-electron chi connectivity index (χ0n) is 11.2. The Kier molecular flexibility index (Phi) is 3.10. The van der Waals surface area contributed by atoms with Crippen molar-refractivity contribution in [3.05, 3.63) is 64.2 Å². The number of ketones is 1. The number of benzene rings is 2. The normalized spacial score (nSPS) is 10.8. The first-order valence-corrected chi connectivity index (χ1v) is 6.35. The Hall–Kier alpha value is -2.82. The van der Waals surface area contributed by atoms with Gasteiger partial charge in [-0.2, -0.15) is 0 Å². The van der Waals surface area contributed by atoms with Gasteiger partial charge < -0.3 is 4.98 Å². The number of rotatable bonds is 2. The summed E-state index contributed by atoms with van der Waals surface area (Å²) in [5.74, 6) is -0.143. The highest BCUT2D eigenvalue weighted by molar-refractivity contribution is 5.94. The highest BCUT2D eigenvalue weighted by atomic mass is 19.1. The summed E-state index contributed by atoms with van der Waals surface area (Å²) < 4.78 is 13.3. The van der Waals surface area contributed by atoms with Gasteiger partial charge in [0.2, 0.25) is 0 Å². The van der Waals surface area contributed by atoms with E-state index in [1.165, 1.54) is 25.1 Å². The monoisotopic (exact) mass is 282 g/mol. The smallest absolute Gasteiger partial charge is 0.259 e. The predicted molar refractivity (Wildman–Crippen MR) is 77.8 cm³/mol. The van der Waals surface area contributed by atoms with Gasteiger partial charge in [0.05, 0.1) is 10.9 Å². The van der Waals surface area contributed by atoms with Gasteiger partial charge in [-0.3, -0.25) is 9.59 Å². The molecule has 1 aromatic heterocycles. The Morgan fingerprint density at radius 1 is 1.14 bits per heavy atom. The highest BCUT2D eigenvalue weighted by Gasteiger charge is 2.07. The number of hydrogen-bond acceptors (Lipinski definition) is 3. The Morgan fingerprint density at radius 2 is 1.86 bits per heavy atom. The lowest BCUT2D eigenvalue weighted by Crippen LogP contribution is -2.09. The largest absolute Gasteiger partial charge is 0.306 e. The van der Waals surface area contributed by atoms with E-state index in [4.69, 9.17) is 0 Å². The third kappa shape index (κ3) is 2.45. The molecule has 21 heavy (non-hydrogen) atoms. The second kappa shape index (κ2) is 4.94. The van der Waals surface area contributed by atoms with Crippen molar-refractivity contribution < 1.29 is 9.18 Å². The summed E-state index contributed by atoms with van der Waals surface area (Å²) in [4.78, 5) is 30.2. The number of fused-ring (bicyclic) bond motifs is 1. The first kappa shape index (κ1) is 13.2. The van der Waals surface area contributed by atoms with E-state index in [9.17, 15) is 14.0 Å². The van der Waals surface area contributed by atoms with Crippen LogP contribution < -0.4 is 5.56 Å². The minimum Gasteiger partial charge on any atom is -0.306 e. The topological polar surface area (TPSA) is 62.8 Å². The minimum absolute atomic E-state index is 0.0383. The molecule has 0 amide bonds. The van der Waals surface area contributed by atoms with Crippen molar-refractivity contribution in [1.82, 2.24) is 9.97 Å². The Balaban J connectivity index is 2.16. The first-order valence-electron chi connectivity index (χ1n) is 6.35. The summed E-state index contributed by atoms with van der Waals surface area (Å²) in [6.45, 7) is 1.48. The van der Waals surface area contributed by atoms with Gasteiger partial charge in [0.1, 0.15) is 11.6 Å². The Labute approximate surface area is 119 Å². The fourth-order valence-electron chi connectivity index (χ4n) is 2.11. The molecule has 4 nitrogen and oxygen atoms in total. The fourth-order valence-corrected chi connectivity index (χ4v) is 2.11. The molecule has 0 fully saturated rings. The standard InChI is InChI=1S/C16H11FN2O2/c1-9(20)10-2-4-11(5-3-10)15-18-14-8-12(17)6-7-13(14)16(21)19-15/h2-8H,1H3,(H,18,19,21). The van der Waals surface area contributed by atoms with E-state index in [0.717, 1.165) is 0 Å². The summed E-state index contributed by atoms with van der Waals surface area (Å²) in [5.41, 5.74) is 1.20. The molecule has 0 saturated heterocycles. The summed E-state index contributed by atoms with van der Waals surface area (Å²) >= 11 is 0. The van der Waals surface area contributed by atoms with Crippen LogP contribution in [-0.4, -0.2) is 15.8 Å². The van der Waals surface area contributed by atoms with Gasteiger partial charge in [-0.1, -0.05) is 24.3 Å². The van der Waals surface area contributed by atoms with Crippen LogP contribution in [0.2, 0.25) is 0 Å². The number of H-pyrrole nitrogens is 1. The molecule has 1 N–H and O–H groups in total. The summed E-state index contributed by atoms with van der Waals surface area (Å²) in [5, 5.41) is 0.334. The van der Waals surface area contributed by atoms with Gasteiger partial charge >= 0.3 is 0 Å².